The van der Waals surface area contributed by atoms with Crippen molar-refractivity contribution in [2.45, 2.75) is 41.4 Å². The van der Waals surface area contributed by atoms with Crippen molar-refractivity contribution in [2.24, 2.45) is 23.5 Å². The summed E-state index contributed by atoms with van der Waals surface area (Å²) < 4.78 is 70.1. The summed E-state index contributed by atoms with van der Waals surface area (Å²) in [5, 5.41) is 20.4. The van der Waals surface area contributed by atoms with Gasteiger partial charge in [0.05, 0.1) is 15.6 Å². The number of sulfone groups is 1. The van der Waals surface area contributed by atoms with E-state index in [2.05, 4.69) is 10.6 Å². The number of nitrogens with one attached hydrogen (secondary N) is 3. The van der Waals surface area contributed by atoms with Crippen molar-refractivity contribution in [3.8, 4) is 0 Å². The summed E-state index contributed by atoms with van der Waals surface area (Å²) in [6.45, 7) is 0. The van der Waals surface area contributed by atoms with Gasteiger partial charge in [0.15, 0.2) is 0 Å². The molecule has 2 fully saturated rings. The first kappa shape index (κ1) is 30.2. The molecule has 2 unspecified atom stereocenters. The summed E-state index contributed by atoms with van der Waals surface area (Å²) in [4.78, 5) is 12.4. The largest absolute Gasteiger partial charge is 0.385 e. The fraction of sp³-hybridized carbons (Fsp3) is 0.385. The zero-order valence-electron chi connectivity index (χ0n) is 21.1. The highest BCUT2D eigenvalue weighted by molar-refractivity contribution is 7.92. The number of hydrogen-bond acceptors (Lipinski definition) is 7. The van der Waals surface area contributed by atoms with Gasteiger partial charge in [-0.25, -0.2) is 12.8 Å². The number of hydrogen-bond donors (Lipinski definition) is 5. The van der Waals surface area contributed by atoms with Crippen molar-refractivity contribution in [3.05, 3.63) is 69.7 Å². The van der Waals surface area contributed by atoms with Crippen LogP contribution in [-0.4, -0.2) is 43.0 Å². The molecule has 0 heterocycles. The van der Waals surface area contributed by atoms with Crippen molar-refractivity contribution in [1.82, 2.24) is 5.32 Å². The molecule has 0 aromatic heterocycles. The summed E-state index contributed by atoms with van der Waals surface area (Å²) in [6, 6.07) is 7.84. The Balaban J connectivity index is 1.50. The maximum absolute atomic E-state index is 15.5. The van der Waals surface area contributed by atoms with Crippen LogP contribution in [-0.2, 0) is 14.6 Å². The van der Waals surface area contributed by atoms with E-state index >= 15 is 8.78 Å². The lowest BCUT2D eigenvalue weighted by atomic mass is 9.89. The summed E-state index contributed by atoms with van der Waals surface area (Å²) in [5.41, 5.74) is 3.03. The minimum absolute atomic E-state index is 0.107. The van der Waals surface area contributed by atoms with E-state index in [0.29, 0.717) is 0 Å². The first-order valence-corrected chi connectivity index (χ1v) is 14.5. The van der Waals surface area contributed by atoms with E-state index in [1.165, 1.54) is 31.3 Å². The van der Waals surface area contributed by atoms with Gasteiger partial charge >= 0.3 is 5.25 Å². The number of anilines is 1. The summed E-state index contributed by atoms with van der Waals surface area (Å²) in [6.07, 6.45) is -0.664. The Morgan fingerprint density at radius 1 is 1.12 bits per heavy atom. The molecule has 0 saturated heterocycles. The maximum Gasteiger partial charge on any atom is 0.377 e. The molecular formula is C26H27Cl2F3N4O4S. The molecule has 2 aromatic carbocycles. The molecule has 0 aliphatic heterocycles. The van der Waals surface area contributed by atoms with Gasteiger partial charge in [-0.3, -0.25) is 4.79 Å². The molecule has 14 heteroatoms. The minimum atomic E-state index is -5.24. The highest BCUT2D eigenvalue weighted by atomic mass is 35.5. The highest BCUT2D eigenvalue weighted by Crippen LogP contribution is 2.57. The van der Waals surface area contributed by atoms with Crippen molar-refractivity contribution in [3.63, 3.8) is 0 Å². The molecule has 0 radical (unpaired) electrons. The van der Waals surface area contributed by atoms with Gasteiger partial charge < -0.3 is 26.9 Å². The van der Waals surface area contributed by atoms with Gasteiger partial charge in [-0.05, 0) is 80.0 Å². The second-order valence-electron chi connectivity index (χ2n) is 10.1. The fourth-order valence-electron chi connectivity index (χ4n) is 5.63. The Bertz CT molecular complexity index is 1470. The summed E-state index contributed by atoms with van der Waals surface area (Å²) in [7, 11) is -3.78. The molecular weight excluding hydrogens is 592 g/mol. The lowest BCUT2D eigenvalue weighted by molar-refractivity contribution is -0.126. The number of carbonyl (C=O) groups is 1. The fourth-order valence-corrected chi connectivity index (χ4v) is 7.40. The van der Waals surface area contributed by atoms with Gasteiger partial charge in [0.25, 0.3) is 5.91 Å². The van der Waals surface area contributed by atoms with Crippen LogP contribution in [0, 0.1) is 29.0 Å². The van der Waals surface area contributed by atoms with Gasteiger partial charge in [-0.2, -0.15) is 8.78 Å². The summed E-state index contributed by atoms with van der Waals surface area (Å²) in [5.74, 6) is -3.14. The molecule has 6 N–H and O–H groups in total. The Morgan fingerprint density at radius 3 is 2.23 bits per heavy atom. The van der Waals surface area contributed by atoms with Crippen LogP contribution in [0.15, 0.2) is 58.8 Å². The lowest BCUT2D eigenvalue weighted by Gasteiger charge is -2.33. The van der Waals surface area contributed by atoms with Crippen LogP contribution in [0.4, 0.5) is 18.9 Å². The van der Waals surface area contributed by atoms with Crippen LogP contribution in [0.5, 0.6) is 0 Å². The number of nitrogens with two attached hydrogens (primary N) is 1. The van der Waals surface area contributed by atoms with E-state index in [-0.39, 0.29) is 45.7 Å². The molecule has 2 saturated carbocycles. The van der Waals surface area contributed by atoms with Crippen LogP contribution < -0.4 is 16.4 Å². The number of fused-ring (bicyclic) bond motifs is 1. The Hall–Kier alpha value is -2.80. The number of rotatable bonds is 8. The first-order chi connectivity index (χ1) is 18.6. The van der Waals surface area contributed by atoms with E-state index in [1.807, 2.05) is 0 Å². The number of benzene rings is 2. The zero-order chi connectivity index (χ0) is 29.6. The van der Waals surface area contributed by atoms with Crippen molar-refractivity contribution in [2.75, 3.05) is 12.4 Å². The molecule has 2 aliphatic carbocycles. The van der Waals surface area contributed by atoms with Crippen LogP contribution in [0.2, 0.25) is 10.0 Å². The van der Waals surface area contributed by atoms with Gasteiger partial charge in [0, 0.05) is 23.7 Å². The molecule has 40 heavy (non-hydrogen) atoms. The lowest BCUT2D eigenvalue weighted by Crippen LogP contribution is -2.52. The Kier molecular flexibility index (Phi) is 8.21. The van der Waals surface area contributed by atoms with Crippen LogP contribution in [0.1, 0.15) is 25.7 Å². The standard InChI is InChI=1S/C26H27Cl2F3N4O4S/c1-34-23(33)21(24(36)35-17-4-7-20(29)19(28)10-17)22(32)13-8-14-11-25(37,12-15(14)9-13)26(30,31)40(38,39)18-5-2-16(27)3-6-18/h2-7,10,13-15,32,34,37H,8-9,11-12,33H2,1H3,(H,35,36)/b23-21+,32-22?. The molecule has 0 bridgehead atoms. The van der Waals surface area contributed by atoms with E-state index in [0.717, 1.165) is 18.2 Å². The number of amides is 1. The molecule has 4 rings (SSSR count). The first-order valence-electron chi connectivity index (χ1n) is 12.2. The quantitative estimate of drug-likeness (QED) is 0.214. The molecule has 8 nitrogen and oxygen atoms in total. The minimum Gasteiger partial charge on any atom is -0.385 e. The van der Waals surface area contributed by atoms with E-state index < -0.39 is 67.9 Å². The predicted octanol–water partition coefficient (Wildman–Crippen LogP) is 4.71. The van der Waals surface area contributed by atoms with Crippen molar-refractivity contribution in [1.29, 1.82) is 5.41 Å². The third kappa shape index (κ3) is 5.29. The SMILES string of the molecule is CN/C(N)=C(\C(=N)C1CC2CC(O)(C(F)(F)S(=O)(=O)c3ccc(Cl)cc3)CC2C1)C(=O)Nc1ccc(F)c(Cl)c1. The van der Waals surface area contributed by atoms with E-state index in [9.17, 15) is 22.7 Å². The Morgan fingerprint density at radius 2 is 1.70 bits per heavy atom. The normalized spacial score (nSPS) is 25.2. The average Bonchev–Trinajstić information content (AvgIpc) is 3.42. The second kappa shape index (κ2) is 10.9. The van der Waals surface area contributed by atoms with Gasteiger partial charge in [-0.1, -0.05) is 23.2 Å². The van der Waals surface area contributed by atoms with Crippen LogP contribution in [0.3, 0.4) is 0 Å². The third-order valence-corrected chi connectivity index (χ3v) is 10.2. The number of alkyl halides is 2. The monoisotopic (exact) mass is 618 g/mol. The van der Waals surface area contributed by atoms with Gasteiger partial charge in [0.1, 0.15) is 22.8 Å². The topological polar surface area (TPSA) is 145 Å². The molecule has 2 atom stereocenters. The van der Waals surface area contributed by atoms with Gasteiger partial charge in [0.2, 0.25) is 9.84 Å². The summed E-state index contributed by atoms with van der Waals surface area (Å²) >= 11 is 11.5. The van der Waals surface area contributed by atoms with Crippen molar-refractivity contribution >= 4 is 50.3 Å². The molecule has 2 aliphatic rings. The number of halogens is 5. The second-order valence-corrected chi connectivity index (χ2v) is 13.0. The predicted molar refractivity (Wildman–Crippen MR) is 146 cm³/mol. The van der Waals surface area contributed by atoms with E-state index in [1.54, 1.807) is 0 Å². The Labute approximate surface area is 239 Å². The average molecular weight is 619 g/mol. The molecule has 216 valence electrons. The van der Waals surface area contributed by atoms with E-state index in [4.69, 9.17) is 34.3 Å². The smallest absolute Gasteiger partial charge is 0.377 e. The maximum atomic E-state index is 15.5. The van der Waals surface area contributed by atoms with Gasteiger partial charge in [-0.15, -0.1) is 0 Å². The molecule has 0 spiro atoms. The van der Waals surface area contributed by atoms with Crippen LogP contribution in [0.25, 0.3) is 0 Å². The molecule has 1 amide bonds. The van der Waals surface area contributed by atoms with Crippen LogP contribution >= 0.6 is 23.2 Å². The highest BCUT2D eigenvalue weighted by Gasteiger charge is 2.67. The number of carbonyl (C=O) groups excluding carboxylic acids is 1. The zero-order valence-corrected chi connectivity index (χ0v) is 23.5. The number of aliphatic hydroxyl groups is 1. The van der Waals surface area contributed by atoms with Crippen molar-refractivity contribution < 1.29 is 31.5 Å². The third-order valence-electron chi connectivity index (χ3n) is 7.66. The molecule has 2 aromatic rings.